The Balaban J connectivity index is 2.11. The van der Waals surface area contributed by atoms with Gasteiger partial charge in [-0.2, -0.15) is 0 Å². The third kappa shape index (κ3) is 4.09. The third-order valence-corrected chi connectivity index (χ3v) is 4.52. The molecule has 0 unspecified atom stereocenters. The normalized spacial score (nSPS) is 19.2. The number of rotatable bonds is 2. The minimum atomic E-state index is -2.85. The third-order valence-electron chi connectivity index (χ3n) is 2.91. The molecule has 1 aromatic rings. The molecular weight excluding hydrogens is 262 g/mol. The van der Waals surface area contributed by atoms with Crippen molar-refractivity contribution < 1.29 is 8.42 Å². The van der Waals surface area contributed by atoms with Crippen molar-refractivity contribution in [3.05, 3.63) is 18.2 Å². The first-order valence-corrected chi connectivity index (χ1v) is 8.28. The molecule has 0 bridgehead atoms. The van der Waals surface area contributed by atoms with Crippen molar-refractivity contribution in [2.45, 2.75) is 26.3 Å². The zero-order valence-corrected chi connectivity index (χ0v) is 12.5. The van der Waals surface area contributed by atoms with E-state index in [0.717, 1.165) is 11.6 Å². The van der Waals surface area contributed by atoms with Crippen molar-refractivity contribution in [1.82, 2.24) is 4.98 Å². The van der Waals surface area contributed by atoms with Gasteiger partial charge in [-0.15, -0.1) is 0 Å². The fourth-order valence-electron chi connectivity index (χ4n) is 1.99. The predicted octanol–water partition coefficient (Wildman–Crippen LogP) is 1.53. The van der Waals surface area contributed by atoms with Crippen LogP contribution in [0.15, 0.2) is 18.2 Å². The van der Waals surface area contributed by atoms with Crippen molar-refractivity contribution in [3.8, 4) is 0 Å². The van der Waals surface area contributed by atoms with Crippen LogP contribution in [0.1, 0.15) is 20.8 Å². The quantitative estimate of drug-likeness (QED) is 0.892. The number of anilines is 2. The second kappa shape index (κ2) is 5.00. The Morgan fingerprint density at radius 3 is 2.42 bits per heavy atom. The summed E-state index contributed by atoms with van der Waals surface area (Å²) in [5.74, 6) is 2.08. The molecular formula is C13H21N3O2S. The number of hydrogen-bond donors (Lipinski definition) is 1. The van der Waals surface area contributed by atoms with Crippen LogP contribution in [0.4, 0.5) is 11.6 Å². The molecule has 2 rings (SSSR count). The van der Waals surface area contributed by atoms with E-state index < -0.39 is 9.84 Å². The van der Waals surface area contributed by atoms with E-state index in [4.69, 9.17) is 0 Å². The summed E-state index contributed by atoms with van der Waals surface area (Å²) in [5.41, 5.74) is -0.0448. The summed E-state index contributed by atoms with van der Waals surface area (Å²) in [6, 6.07) is 5.79. The minimum absolute atomic E-state index is 0.0448. The van der Waals surface area contributed by atoms with E-state index in [-0.39, 0.29) is 17.0 Å². The molecule has 0 atom stereocenters. The number of aromatic nitrogens is 1. The fraction of sp³-hybridized carbons (Fsp3) is 0.615. The van der Waals surface area contributed by atoms with Crippen LogP contribution in [-0.2, 0) is 9.84 Å². The van der Waals surface area contributed by atoms with Gasteiger partial charge < -0.3 is 10.2 Å². The number of nitrogens with zero attached hydrogens (tertiary/aromatic N) is 2. The second-order valence-corrected chi connectivity index (χ2v) is 8.20. The zero-order valence-electron chi connectivity index (χ0n) is 11.7. The van der Waals surface area contributed by atoms with Gasteiger partial charge in [0.1, 0.15) is 11.6 Å². The number of pyridine rings is 1. The minimum Gasteiger partial charge on any atom is -0.365 e. The first kappa shape index (κ1) is 14.1. The molecule has 106 valence electrons. The van der Waals surface area contributed by atoms with Crippen LogP contribution in [0.5, 0.6) is 0 Å². The van der Waals surface area contributed by atoms with Crippen LogP contribution in [0, 0.1) is 0 Å². The predicted molar refractivity (Wildman–Crippen MR) is 78.5 cm³/mol. The van der Waals surface area contributed by atoms with Crippen molar-refractivity contribution in [2.24, 2.45) is 0 Å². The molecule has 1 saturated heterocycles. The Labute approximate surface area is 114 Å². The average molecular weight is 283 g/mol. The maximum atomic E-state index is 11.4. The van der Waals surface area contributed by atoms with Gasteiger partial charge in [-0.05, 0) is 32.9 Å². The van der Waals surface area contributed by atoms with Gasteiger partial charge in [0.15, 0.2) is 9.84 Å². The number of nitrogens with one attached hydrogen (secondary N) is 1. The van der Waals surface area contributed by atoms with Gasteiger partial charge in [0.05, 0.1) is 11.5 Å². The molecule has 1 fully saturated rings. The molecule has 0 saturated carbocycles. The Kier molecular flexibility index (Phi) is 3.71. The highest BCUT2D eigenvalue weighted by molar-refractivity contribution is 7.91. The highest BCUT2D eigenvalue weighted by Crippen LogP contribution is 2.19. The van der Waals surface area contributed by atoms with Gasteiger partial charge >= 0.3 is 0 Å². The molecule has 6 heteroatoms. The maximum Gasteiger partial charge on any atom is 0.153 e. The number of hydrogen-bond acceptors (Lipinski definition) is 5. The molecule has 0 aromatic carbocycles. The summed E-state index contributed by atoms with van der Waals surface area (Å²) in [4.78, 5) is 6.57. The highest BCUT2D eigenvalue weighted by atomic mass is 32.2. The lowest BCUT2D eigenvalue weighted by Crippen LogP contribution is -2.40. The van der Waals surface area contributed by atoms with E-state index in [2.05, 4.69) is 31.1 Å². The molecule has 0 aliphatic carbocycles. The monoisotopic (exact) mass is 283 g/mol. The fourth-order valence-corrected chi connectivity index (χ4v) is 3.20. The van der Waals surface area contributed by atoms with E-state index in [1.165, 1.54) is 0 Å². The van der Waals surface area contributed by atoms with Crippen molar-refractivity contribution in [3.63, 3.8) is 0 Å². The smallest absolute Gasteiger partial charge is 0.153 e. The SMILES string of the molecule is CC(C)(C)Nc1cccc(N2CCS(=O)(=O)CC2)n1. The summed E-state index contributed by atoms with van der Waals surface area (Å²) in [6.07, 6.45) is 0. The molecule has 2 heterocycles. The lowest BCUT2D eigenvalue weighted by atomic mass is 10.1. The summed E-state index contributed by atoms with van der Waals surface area (Å²) >= 11 is 0. The van der Waals surface area contributed by atoms with E-state index >= 15 is 0 Å². The largest absolute Gasteiger partial charge is 0.365 e. The van der Waals surface area contributed by atoms with Gasteiger partial charge in [0, 0.05) is 18.6 Å². The highest BCUT2D eigenvalue weighted by Gasteiger charge is 2.22. The van der Waals surface area contributed by atoms with Crippen molar-refractivity contribution in [1.29, 1.82) is 0 Å². The topological polar surface area (TPSA) is 62.3 Å². The lowest BCUT2D eigenvalue weighted by Gasteiger charge is -2.28. The summed E-state index contributed by atoms with van der Waals surface area (Å²) in [6.45, 7) is 7.28. The molecule has 1 aliphatic rings. The Morgan fingerprint density at radius 1 is 1.21 bits per heavy atom. The van der Waals surface area contributed by atoms with Crippen molar-refractivity contribution in [2.75, 3.05) is 34.8 Å². The van der Waals surface area contributed by atoms with Crippen LogP contribution in [0.3, 0.4) is 0 Å². The Morgan fingerprint density at radius 2 is 1.84 bits per heavy atom. The lowest BCUT2D eigenvalue weighted by molar-refractivity contribution is 0.586. The van der Waals surface area contributed by atoms with Crippen LogP contribution in [0.2, 0.25) is 0 Å². The molecule has 1 N–H and O–H groups in total. The van der Waals surface area contributed by atoms with Gasteiger partial charge in [-0.1, -0.05) is 6.07 Å². The summed E-state index contributed by atoms with van der Waals surface area (Å²) in [5, 5.41) is 3.32. The molecule has 5 nitrogen and oxygen atoms in total. The first-order valence-electron chi connectivity index (χ1n) is 6.46. The first-order chi connectivity index (χ1) is 8.75. The average Bonchev–Trinajstić information content (AvgIpc) is 2.27. The number of sulfone groups is 1. The van der Waals surface area contributed by atoms with Gasteiger partial charge in [0.2, 0.25) is 0 Å². The van der Waals surface area contributed by atoms with E-state index in [0.29, 0.717) is 13.1 Å². The van der Waals surface area contributed by atoms with Crippen LogP contribution < -0.4 is 10.2 Å². The summed E-state index contributed by atoms with van der Waals surface area (Å²) < 4.78 is 22.8. The molecule has 19 heavy (non-hydrogen) atoms. The van der Waals surface area contributed by atoms with E-state index in [9.17, 15) is 8.42 Å². The maximum absolute atomic E-state index is 11.4. The van der Waals surface area contributed by atoms with Gasteiger partial charge in [-0.25, -0.2) is 13.4 Å². The molecule has 0 spiro atoms. The molecule has 1 aromatic heterocycles. The Hall–Kier alpha value is -1.30. The molecule has 1 aliphatic heterocycles. The van der Waals surface area contributed by atoms with E-state index in [1.54, 1.807) is 0 Å². The second-order valence-electron chi connectivity index (χ2n) is 5.89. The van der Waals surface area contributed by atoms with Gasteiger partial charge in [-0.3, -0.25) is 0 Å². The van der Waals surface area contributed by atoms with Crippen LogP contribution in [0.25, 0.3) is 0 Å². The Bertz CT molecular complexity index is 535. The van der Waals surface area contributed by atoms with Crippen LogP contribution in [-0.4, -0.2) is 43.5 Å². The standard InChI is InChI=1S/C13H21N3O2S/c1-13(2,3)15-11-5-4-6-12(14-11)16-7-9-19(17,18)10-8-16/h4-6H,7-10H2,1-3H3,(H,14,15). The summed E-state index contributed by atoms with van der Waals surface area (Å²) in [7, 11) is -2.85. The van der Waals surface area contributed by atoms with Crippen LogP contribution >= 0.6 is 0 Å². The molecule has 0 amide bonds. The van der Waals surface area contributed by atoms with Crippen molar-refractivity contribution >= 4 is 21.5 Å². The molecule has 0 radical (unpaired) electrons. The van der Waals surface area contributed by atoms with Gasteiger partial charge in [0.25, 0.3) is 0 Å². The van der Waals surface area contributed by atoms with E-state index in [1.807, 2.05) is 23.1 Å². The zero-order chi connectivity index (χ0) is 14.1.